The number of carbonyl (C=O) groups excluding carboxylic acids is 1. The minimum absolute atomic E-state index is 0.0590. The molecule has 0 aromatic heterocycles. The van der Waals surface area contributed by atoms with E-state index in [-0.39, 0.29) is 12.2 Å². The van der Waals surface area contributed by atoms with Gasteiger partial charge in [-0.1, -0.05) is 0 Å². The number of hydrogen-bond acceptors (Lipinski definition) is 3. The number of nitrogens with one attached hydrogen (secondary N) is 2. The fourth-order valence-electron chi connectivity index (χ4n) is 1.13. The topological polar surface area (TPSA) is 50.4 Å². The van der Waals surface area contributed by atoms with Crippen LogP contribution < -0.4 is 10.6 Å². The van der Waals surface area contributed by atoms with E-state index in [4.69, 9.17) is 4.74 Å². The third kappa shape index (κ3) is 2.76. The lowest BCUT2D eigenvalue weighted by atomic mass is 10.1. The Morgan fingerprint density at radius 2 is 2.55 bits per heavy atom. The average molecular weight is 158 g/mol. The zero-order chi connectivity index (χ0) is 8.10. The number of alkyl carbamates (subject to hydrolysis) is 1. The Labute approximate surface area is 66.3 Å². The van der Waals surface area contributed by atoms with Crippen molar-refractivity contribution in [1.82, 2.24) is 10.6 Å². The fourth-order valence-corrected chi connectivity index (χ4v) is 1.13. The summed E-state index contributed by atoms with van der Waals surface area (Å²) in [5.74, 6) is 0. The third-order valence-corrected chi connectivity index (χ3v) is 1.73. The van der Waals surface area contributed by atoms with Gasteiger partial charge in [-0.3, -0.25) is 0 Å². The molecular formula is C7H14N2O2. The van der Waals surface area contributed by atoms with E-state index in [0.717, 1.165) is 25.9 Å². The molecule has 4 nitrogen and oxygen atoms in total. The van der Waals surface area contributed by atoms with Crippen molar-refractivity contribution >= 4 is 6.09 Å². The third-order valence-electron chi connectivity index (χ3n) is 1.73. The van der Waals surface area contributed by atoms with Crippen LogP contribution in [-0.4, -0.2) is 32.3 Å². The number of rotatable bonds is 1. The van der Waals surface area contributed by atoms with Crippen LogP contribution in [0.4, 0.5) is 4.79 Å². The van der Waals surface area contributed by atoms with Crippen LogP contribution >= 0.6 is 0 Å². The van der Waals surface area contributed by atoms with E-state index in [0.29, 0.717) is 0 Å². The van der Waals surface area contributed by atoms with Crippen molar-refractivity contribution in [2.75, 3.05) is 20.1 Å². The Morgan fingerprint density at radius 3 is 3.09 bits per heavy atom. The van der Waals surface area contributed by atoms with Gasteiger partial charge in [-0.25, -0.2) is 4.79 Å². The lowest BCUT2D eigenvalue weighted by molar-refractivity contribution is 0.0842. The summed E-state index contributed by atoms with van der Waals surface area (Å²) in [4.78, 5) is 10.7. The second kappa shape index (κ2) is 4.18. The van der Waals surface area contributed by atoms with Crippen LogP contribution in [0.3, 0.4) is 0 Å². The first kappa shape index (κ1) is 8.33. The van der Waals surface area contributed by atoms with Gasteiger partial charge in [0, 0.05) is 13.6 Å². The molecule has 1 atom stereocenters. The summed E-state index contributed by atoms with van der Waals surface area (Å²) in [6.07, 6.45) is 1.78. The molecule has 0 bridgehead atoms. The predicted octanol–water partition coefficient (Wildman–Crippen LogP) is 0.0944. The molecule has 1 heterocycles. The zero-order valence-corrected chi connectivity index (χ0v) is 6.72. The highest BCUT2D eigenvalue weighted by Crippen LogP contribution is 2.05. The maximum Gasteiger partial charge on any atom is 0.407 e. The van der Waals surface area contributed by atoms with E-state index in [9.17, 15) is 4.79 Å². The summed E-state index contributed by atoms with van der Waals surface area (Å²) in [5, 5.41) is 5.58. The first-order valence-electron chi connectivity index (χ1n) is 3.92. The van der Waals surface area contributed by atoms with Crippen LogP contribution in [0.2, 0.25) is 0 Å². The van der Waals surface area contributed by atoms with E-state index in [1.165, 1.54) is 0 Å². The highest BCUT2D eigenvalue weighted by Gasteiger charge is 2.15. The van der Waals surface area contributed by atoms with Gasteiger partial charge in [0.15, 0.2) is 0 Å². The van der Waals surface area contributed by atoms with Crippen LogP contribution in [0.25, 0.3) is 0 Å². The van der Waals surface area contributed by atoms with Crippen LogP contribution in [0.5, 0.6) is 0 Å². The zero-order valence-electron chi connectivity index (χ0n) is 6.72. The number of carbonyl (C=O) groups is 1. The molecule has 1 aliphatic heterocycles. The maximum atomic E-state index is 10.7. The van der Waals surface area contributed by atoms with Crippen molar-refractivity contribution in [1.29, 1.82) is 0 Å². The molecule has 2 N–H and O–H groups in total. The molecule has 0 aliphatic carbocycles. The summed E-state index contributed by atoms with van der Waals surface area (Å²) in [6, 6.07) is 0. The molecular weight excluding hydrogens is 144 g/mol. The summed E-state index contributed by atoms with van der Waals surface area (Å²) in [7, 11) is 1.57. The van der Waals surface area contributed by atoms with Gasteiger partial charge >= 0.3 is 6.09 Å². The summed E-state index contributed by atoms with van der Waals surface area (Å²) in [6.45, 7) is 1.82. The Kier molecular flexibility index (Phi) is 3.16. The SMILES string of the molecule is CNC(=O)OC1CCCNC1. The first-order valence-corrected chi connectivity index (χ1v) is 3.92. The molecule has 4 heteroatoms. The highest BCUT2D eigenvalue weighted by molar-refractivity contribution is 5.66. The Bertz CT molecular complexity index is 132. The number of amides is 1. The van der Waals surface area contributed by atoms with Crippen molar-refractivity contribution in [2.24, 2.45) is 0 Å². The molecule has 64 valence electrons. The Hall–Kier alpha value is -0.770. The Morgan fingerprint density at radius 1 is 1.73 bits per heavy atom. The van der Waals surface area contributed by atoms with E-state index in [1.54, 1.807) is 7.05 Å². The van der Waals surface area contributed by atoms with Crippen LogP contribution in [0.1, 0.15) is 12.8 Å². The second-order valence-electron chi connectivity index (χ2n) is 2.62. The van der Waals surface area contributed by atoms with E-state index in [1.807, 2.05) is 0 Å². The molecule has 0 saturated carbocycles. The number of piperidine rings is 1. The van der Waals surface area contributed by atoms with Gasteiger partial charge in [-0.2, -0.15) is 0 Å². The van der Waals surface area contributed by atoms with Crippen LogP contribution in [-0.2, 0) is 4.74 Å². The molecule has 0 spiro atoms. The van der Waals surface area contributed by atoms with Crippen molar-refractivity contribution in [3.63, 3.8) is 0 Å². The summed E-state index contributed by atoms with van der Waals surface area (Å²) < 4.78 is 5.03. The average Bonchev–Trinajstić information content (AvgIpc) is 2.06. The van der Waals surface area contributed by atoms with Gasteiger partial charge in [0.1, 0.15) is 6.10 Å². The van der Waals surface area contributed by atoms with Crippen molar-refractivity contribution < 1.29 is 9.53 Å². The number of hydrogen-bond donors (Lipinski definition) is 2. The first-order chi connectivity index (χ1) is 5.33. The molecule has 1 amide bonds. The maximum absolute atomic E-state index is 10.7. The van der Waals surface area contributed by atoms with Gasteiger partial charge in [0.25, 0.3) is 0 Å². The molecule has 1 fully saturated rings. The quantitative estimate of drug-likeness (QED) is 0.569. The van der Waals surface area contributed by atoms with Crippen molar-refractivity contribution in [3.05, 3.63) is 0 Å². The molecule has 1 aliphatic rings. The van der Waals surface area contributed by atoms with Crippen LogP contribution in [0, 0.1) is 0 Å². The summed E-state index contributed by atoms with van der Waals surface area (Å²) in [5.41, 5.74) is 0. The van der Waals surface area contributed by atoms with Gasteiger partial charge in [0.2, 0.25) is 0 Å². The number of ether oxygens (including phenoxy) is 1. The van der Waals surface area contributed by atoms with Gasteiger partial charge in [0.05, 0.1) is 0 Å². The lowest BCUT2D eigenvalue weighted by Crippen LogP contribution is -2.38. The molecule has 1 unspecified atom stereocenters. The minimum atomic E-state index is -0.335. The highest BCUT2D eigenvalue weighted by atomic mass is 16.6. The predicted molar refractivity (Wildman–Crippen MR) is 41.4 cm³/mol. The smallest absolute Gasteiger partial charge is 0.407 e. The lowest BCUT2D eigenvalue weighted by Gasteiger charge is -2.22. The van der Waals surface area contributed by atoms with Gasteiger partial charge in [-0.05, 0) is 19.4 Å². The molecule has 0 aromatic rings. The minimum Gasteiger partial charge on any atom is -0.445 e. The molecule has 0 radical (unpaired) electrons. The van der Waals surface area contributed by atoms with Gasteiger partial charge < -0.3 is 15.4 Å². The molecule has 1 rings (SSSR count). The van der Waals surface area contributed by atoms with Gasteiger partial charge in [-0.15, -0.1) is 0 Å². The van der Waals surface area contributed by atoms with E-state index in [2.05, 4.69) is 10.6 Å². The largest absolute Gasteiger partial charge is 0.445 e. The molecule has 0 aromatic carbocycles. The Balaban J connectivity index is 2.19. The fraction of sp³-hybridized carbons (Fsp3) is 0.857. The van der Waals surface area contributed by atoms with E-state index >= 15 is 0 Å². The normalized spacial score (nSPS) is 24.3. The standard InChI is InChI=1S/C7H14N2O2/c1-8-7(10)11-6-3-2-4-9-5-6/h6,9H,2-5H2,1H3,(H,8,10). The van der Waals surface area contributed by atoms with Crippen LogP contribution in [0.15, 0.2) is 0 Å². The second-order valence-corrected chi connectivity index (χ2v) is 2.62. The molecule has 1 saturated heterocycles. The molecule has 11 heavy (non-hydrogen) atoms. The van der Waals surface area contributed by atoms with Crippen molar-refractivity contribution in [2.45, 2.75) is 18.9 Å². The van der Waals surface area contributed by atoms with E-state index < -0.39 is 0 Å². The van der Waals surface area contributed by atoms with Crippen molar-refractivity contribution in [3.8, 4) is 0 Å². The summed E-state index contributed by atoms with van der Waals surface area (Å²) >= 11 is 0. The monoisotopic (exact) mass is 158 g/mol.